The van der Waals surface area contributed by atoms with Crippen molar-refractivity contribution in [2.45, 2.75) is 296 Å². The molecule has 0 fully saturated rings. The van der Waals surface area contributed by atoms with Gasteiger partial charge in [-0.05, 0) is 57.8 Å². The Labute approximate surface area is 373 Å². The molecular formula is C54H103NO5. The van der Waals surface area contributed by atoms with E-state index in [1.165, 1.54) is 212 Å². The third kappa shape index (κ3) is 45.9. The first-order valence-electron chi connectivity index (χ1n) is 26.6. The number of amides is 1. The van der Waals surface area contributed by atoms with E-state index in [9.17, 15) is 19.8 Å². The van der Waals surface area contributed by atoms with Gasteiger partial charge in [-0.3, -0.25) is 9.59 Å². The zero-order chi connectivity index (χ0) is 43.7. The van der Waals surface area contributed by atoms with Gasteiger partial charge in [0.1, 0.15) is 0 Å². The van der Waals surface area contributed by atoms with Crippen molar-refractivity contribution in [3.63, 3.8) is 0 Å². The molecule has 0 aromatic carbocycles. The molecule has 2 unspecified atom stereocenters. The lowest BCUT2D eigenvalue weighted by Crippen LogP contribution is -2.45. The van der Waals surface area contributed by atoms with Gasteiger partial charge in [-0.2, -0.15) is 0 Å². The number of hydrogen-bond acceptors (Lipinski definition) is 5. The predicted molar refractivity (Wildman–Crippen MR) is 260 cm³/mol. The molecule has 0 aliphatic rings. The Morgan fingerprint density at radius 2 is 0.783 bits per heavy atom. The number of ether oxygens (including phenoxy) is 1. The van der Waals surface area contributed by atoms with Gasteiger partial charge in [-0.1, -0.05) is 237 Å². The van der Waals surface area contributed by atoms with Gasteiger partial charge in [0, 0.05) is 12.8 Å². The molecule has 0 aliphatic carbocycles. The average Bonchev–Trinajstić information content (AvgIpc) is 3.25. The molecule has 3 N–H and O–H groups in total. The summed E-state index contributed by atoms with van der Waals surface area (Å²) in [4.78, 5) is 24.4. The largest absolute Gasteiger partial charge is 0.466 e. The fraction of sp³-hybridized carbons (Fsp3) is 0.889. The predicted octanol–water partition coefficient (Wildman–Crippen LogP) is 15.9. The molecule has 6 nitrogen and oxygen atoms in total. The number of unbranched alkanes of at least 4 members (excludes halogenated alkanes) is 36. The van der Waals surface area contributed by atoms with Gasteiger partial charge in [0.15, 0.2) is 0 Å². The third-order valence-corrected chi connectivity index (χ3v) is 12.2. The molecule has 0 aromatic rings. The second-order valence-corrected chi connectivity index (χ2v) is 18.2. The number of carbonyl (C=O) groups is 2. The van der Waals surface area contributed by atoms with Gasteiger partial charge in [-0.25, -0.2) is 0 Å². The van der Waals surface area contributed by atoms with Crippen LogP contribution in [0.5, 0.6) is 0 Å². The van der Waals surface area contributed by atoms with Gasteiger partial charge < -0.3 is 20.3 Å². The summed E-state index contributed by atoms with van der Waals surface area (Å²) in [7, 11) is 0. The quantitative estimate of drug-likeness (QED) is 0.0322. The van der Waals surface area contributed by atoms with Crippen molar-refractivity contribution in [3.05, 3.63) is 24.3 Å². The molecule has 0 saturated carbocycles. The summed E-state index contributed by atoms with van der Waals surface area (Å²) < 4.78 is 5.48. The Morgan fingerprint density at radius 3 is 1.18 bits per heavy atom. The normalized spacial score (nSPS) is 12.8. The van der Waals surface area contributed by atoms with Crippen LogP contribution in [0.4, 0.5) is 0 Å². The molecular weight excluding hydrogens is 743 g/mol. The van der Waals surface area contributed by atoms with Crippen molar-refractivity contribution < 1.29 is 24.5 Å². The summed E-state index contributed by atoms with van der Waals surface area (Å²) in [6.45, 7) is 4.86. The Morgan fingerprint density at radius 1 is 0.450 bits per heavy atom. The van der Waals surface area contributed by atoms with E-state index >= 15 is 0 Å². The highest BCUT2D eigenvalue weighted by atomic mass is 16.5. The second kappa shape index (κ2) is 50.0. The van der Waals surface area contributed by atoms with Crippen LogP contribution in [-0.2, 0) is 14.3 Å². The zero-order valence-electron chi connectivity index (χ0n) is 40.2. The maximum Gasteiger partial charge on any atom is 0.305 e. The summed E-state index contributed by atoms with van der Waals surface area (Å²) in [5.74, 6) is -0.0788. The van der Waals surface area contributed by atoms with Crippen LogP contribution in [0.1, 0.15) is 284 Å². The van der Waals surface area contributed by atoms with Crippen molar-refractivity contribution >= 4 is 11.9 Å². The highest BCUT2D eigenvalue weighted by Crippen LogP contribution is 2.16. The second-order valence-electron chi connectivity index (χ2n) is 18.2. The minimum atomic E-state index is -0.846. The van der Waals surface area contributed by atoms with E-state index in [2.05, 4.69) is 31.3 Å². The SMILES string of the molecule is CCCCCCCCC/C=C\CCCCCCCCCC(=O)OCCCCCCCCCCCCCCCCCCC(=O)NC(CO)C(O)/C=C/CCCCCCCCC. The van der Waals surface area contributed by atoms with E-state index in [-0.39, 0.29) is 18.5 Å². The van der Waals surface area contributed by atoms with Gasteiger partial charge in [0.25, 0.3) is 0 Å². The first-order valence-corrected chi connectivity index (χ1v) is 26.6. The monoisotopic (exact) mass is 846 g/mol. The summed E-state index contributed by atoms with van der Waals surface area (Å²) in [5.41, 5.74) is 0. The molecule has 2 atom stereocenters. The van der Waals surface area contributed by atoms with Crippen molar-refractivity contribution in [1.29, 1.82) is 0 Å². The third-order valence-electron chi connectivity index (χ3n) is 12.2. The minimum absolute atomic E-state index is 0.00126. The van der Waals surface area contributed by atoms with Gasteiger partial charge in [-0.15, -0.1) is 0 Å². The van der Waals surface area contributed by atoms with E-state index in [0.29, 0.717) is 19.4 Å². The zero-order valence-corrected chi connectivity index (χ0v) is 40.2. The summed E-state index contributed by atoms with van der Waals surface area (Å²) in [6, 6.07) is -0.630. The molecule has 1 amide bonds. The standard InChI is InChI=1S/C54H103NO5/c1-3-5-7-9-11-13-14-15-16-17-18-22-25-28-32-36-40-44-48-54(59)60-49-45-41-37-33-29-26-23-20-19-21-24-27-31-35-39-43-47-53(58)55-51(50-56)52(57)46-42-38-34-30-12-10-8-6-4-2/h16-17,42,46,51-52,56-57H,3-15,18-41,43-45,47-50H2,1-2H3,(H,55,58)/b17-16-,46-42+. The van der Waals surface area contributed by atoms with Gasteiger partial charge >= 0.3 is 5.97 Å². The van der Waals surface area contributed by atoms with E-state index in [1.807, 2.05) is 6.08 Å². The highest BCUT2D eigenvalue weighted by Gasteiger charge is 2.18. The van der Waals surface area contributed by atoms with Crippen molar-refractivity contribution in [3.8, 4) is 0 Å². The molecule has 0 saturated heterocycles. The molecule has 60 heavy (non-hydrogen) atoms. The molecule has 0 spiro atoms. The first-order chi connectivity index (χ1) is 29.5. The van der Waals surface area contributed by atoms with E-state index in [1.54, 1.807) is 6.08 Å². The van der Waals surface area contributed by atoms with Crippen LogP contribution in [0, 0.1) is 0 Å². The lowest BCUT2D eigenvalue weighted by Gasteiger charge is -2.20. The average molecular weight is 846 g/mol. The molecule has 0 rings (SSSR count). The number of allylic oxidation sites excluding steroid dienone is 3. The Balaban J connectivity index is 3.40. The van der Waals surface area contributed by atoms with Crippen LogP contribution in [0.3, 0.4) is 0 Å². The maximum absolute atomic E-state index is 12.4. The number of carbonyl (C=O) groups excluding carboxylic acids is 2. The Hall–Kier alpha value is -1.66. The lowest BCUT2D eigenvalue weighted by atomic mass is 10.0. The summed E-state index contributed by atoms with van der Waals surface area (Å²) >= 11 is 0. The smallest absolute Gasteiger partial charge is 0.305 e. The van der Waals surface area contributed by atoms with Crippen LogP contribution < -0.4 is 5.32 Å². The number of rotatable bonds is 49. The summed E-state index contributed by atoms with van der Waals surface area (Å²) in [5, 5.41) is 22.9. The van der Waals surface area contributed by atoms with Crippen LogP contribution in [0.25, 0.3) is 0 Å². The van der Waals surface area contributed by atoms with Crippen molar-refractivity contribution in [1.82, 2.24) is 5.32 Å². The molecule has 354 valence electrons. The van der Waals surface area contributed by atoms with Crippen LogP contribution in [0.2, 0.25) is 0 Å². The van der Waals surface area contributed by atoms with Crippen LogP contribution >= 0.6 is 0 Å². The Kier molecular flexibility index (Phi) is 48.6. The van der Waals surface area contributed by atoms with Gasteiger partial charge in [0.2, 0.25) is 5.91 Å². The number of aliphatic hydroxyl groups is 2. The molecule has 6 heteroatoms. The summed E-state index contributed by atoms with van der Waals surface area (Å²) in [6.07, 6.45) is 59.1. The molecule has 0 radical (unpaired) electrons. The van der Waals surface area contributed by atoms with Crippen LogP contribution in [0.15, 0.2) is 24.3 Å². The maximum atomic E-state index is 12.4. The van der Waals surface area contributed by atoms with Crippen LogP contribution in [-0.4, -0.2) is 47.4 Å². The van der Waals surface area contributed by atoms with Crippen molar-refractivity contribution in [2.75, 3.05) is 13.2 Å². The Bertz CT molecular complexity index is 935. The van der Waals surface area contributed by atoms with E-state index < -0.39 is 12.1 Å². The fourth-order valence-corrected chi connectivity index (χ4v) is 8.10. The molecule has 0 heterocycles. The number of nitrogens with one attached hydrogen (secondary N) is 1. The number of esters is 1. The van der Waals surface area contributed by atoms with Gasteiger partial charge in [0.05, 0.1) is 25.4 Å². The number of aliphatic hydroxyl groups excluding tert-OH is 2. The van der Waals surface area contributed by atoms with E-state index in [0.717, 1.165) is 44.9 Å². The molecule has 0 aliphatic heterocycles. The lowest BCUT2D eigenvalue weighted by molar-refractivity contribution is -0.143. The molecule has 0 bridgehead atoms. The van der Waals surface area contributed by atoms with E-state index in [4.69, 9.17) is 4.74 Å². The topological polar surface area (TPSA) is 95.9 Å². The van der Waals surface area contributed by atoms with Crippen molar-refractivity contribution in [2.24, 2.45) is 0 Å². The minimum Gasteiger partial charge on any atom is -0.466 e. The fourth-order valence-electron chi connectivity index (χ4n) is 8.10. The highest BCUT2D eigenvalue weighted by molar-refractivity contribution is 5.76. The molecule has 0 aromatic heterocycles. The number of hydrogen-bond donors (Lipinski definition) is 3. The first kappa shape index (κ1) is 58.3.